The van der Waals surface area contributed by atoms with Crippen LogP contribution in [0.25, 0.3) is 0 Å². The van der Waals surface area contributed by atoms with Gasteiger partial charge in [-0.3, -0.25) is 9.88 Å². The van der Waals surface area contributed by atoms with Gasteiger partial charge in [-0.1, -0.05) is 18.7 Å². The second-order valence-electron chi connectivity index (χ2n) is 5.28. The summed E-state index contributed by atoms with van der Waals surface area (Å²) in [6.07, 6.45) is 7.67. The average Bonchev–Trinajstić information content (AvgIpc) is 2.58. The first-order chi connectivity index (χ1) is 10.8. The molecule has 1 fully saturated rings. The molecule has 2 aromatic rings. The predicted octanol–water partition coefficient (Wildman–Crippen LogP) is 2.31. The maximum atomic E-state index is 4.40. The molecule has 5 nitrogen and oxygen atoms in total. The molecule has 1 aliphatic rings. The summed E-state index contributed by atoms with van der Waals surface area (Å²) in [4.78, 5) is 17.8. The summed E-state index contributed by atoms with van der Waals surface area (Å²) >= 11 is 1.68. The first-order valence-electron chi connectivity index (χ1n) is 7.66. The Bertz CT molecular complexity index is 567. The number of nitrogens with zero attached hydrogens (tertiary/aromatic N) is 5. The highest BCUT2D eigenvalue weighted by Crippen LogP contribution is 2.16. The normalized spacial score (nSPS) is 16.0. The number of hydrogen-bond acceptors (Lipinski definition) is 6. The van der Waals surface area contributed by atoms with Crippen LogP contribution in [0.2, 0.25) is 0 Å². The Morgan fingerprint density at radius 3 is 2.50 bits per heavy atom. The van der Waals surface area contributed by atoms with Crippen molar-refractivity contribution in [2.45, 2.75) is 18.6 Å². The van der Waals surface area contributed by atoms with Crippen molar-refractivity contribution in [1.29, 1.82) is 0 Å². The summed E-state index contributed by atoms with van der Waals surface area (Å²) in [5.74, 6) is 1.01. The molecule has 0 amide bonds. The molecule has 1 saturated heterocycles. The van der Waals surface area contributed by atoms with Gasteiger partial charge in [0.05, 0.1) is 11.9 Å². The summed E-state index contributed by atoms with van der Waals surface area (Å²) in [6, 6.07) is 4.12. The summed E-state index contributed by atoms with van der Waals surface area (Å²) < 4.78 is 0. The third kappa shape index (κ3) is 3.96. The lowest BCUT2D eigenvalue weighted by atomic mass is 10.2. The summed E-state index contributed by atoms with van der Waals surface area (Å²) in [5, 5.41) is 0.868. The van der Waals surface area contributed by atoms with E-state index in [1.54, 1.807) is 11.8 Å². The number of piperazine rings is 1. The predicted molar refractivity (Wildman–Crippen MR) is 90.2 cm³/mol. The maximum Gasteiger partial charge on any atom is 0.187 e. The average molecular weight is 315 g/mol. The minimum absolute atomic E-state index is 0.868. The zero-order valence-corrected chi connectivity index (χ0v) is 13.7. The fourth-order valence-corrected chi connectivity index (χ4v) is 3.10. The summed E-state index contributed by atoms with van der Waals surface area (Å²) in [6.45, 7) is 7.23. The molecular weight excluding hydrogens is 294 g/mol. The Morgan fingerprint density at radius 2 is 1.86 bits per heavy atom. The van der Waals surface area contributed by atoms with Gasteiger partial charge in [-0.15, -0.1) is 0 Å². The van der Waals surface area contributed by atoms with Crippen molar-refractivity contribution in [2.75, 3.05) is 36.8 Å². The van der Waals surface area contributed by atoms with Gasteiger partial charge in [-0.05, 0) is 17.9 Å². The Morgan fingerprint density at radius 1 is 1.09 bits per heavy atom. The van der Waals surface area contributed by atoms with Crippen molar-refractivity contribution in [3.63, 3.8) is 0 Å². The van der Waals surface area contributed by atoms with E-state index in [-0.39, 0.29) is 0 Å². The molecule has 3 rings (SSSR count). The number of thioether (sulfide) groups is 1. The van der Waals surface area contributed by atoms with E-state index in [2.05, 4.69) is 37.7 Å². The van der Waals surface area contributed by atoms with Crippen LogP contribution in [0.4, 0.5) is 5.69 Å². The number of pyridine rings is 1. The van der Waals surface area contributed by atoms with Crippen LogP contribution in [-0.2, 0) is 6.54 Å². The second-order valence-corrected chi connectivity index (χ2v) is 6.51. The first-order valence-corrected chi connectivity index (χ1v) is 8.65. The Hall–Kier alpha value is -1.66. The van der Waals surface area contributed by atoms with Crippen LogP contribution < -0.4 is 4.90 Å². The van der Waals surface area contributed by atoms with E-state index >= 15 is 0 Å². The van der Waals surface area contributed by atoms with Crippen molar-refractivity contribution < 1.29 is 0 Å². The van der Waals surface area contributed by atoms with Crippen LogP contribution in [0.3, 0.4) is 0 Å². The van der Waals surface area contributed by atoms with Crippen LogP contribution in [0.1, 0.15) is 12.5 Å². The third-order valence-electron chi connectivity index (χ3n) is 3.74. The Kier molecular flexibility index (Phi) is 5.24. The molecule has 22 heavy (non-hydrogen) atoms. The molecule has 6 heteroatoms. The van der Waals surface area contributed by atoms with E-state index in [9.17, 15) is 0 Å². The Balaban J connectivity index is 1.51. The monoisotopic (exact) mass is 315 g/mol. The molecule has 1 aliphatic heterocycles. The van der Waals surface area contributed by atoms with Gasteiger partial charge in [-0.2, -0.15) is 0 Å². The fraction of sp³-hybridized carbons (Fsp3) is 0.438. The SMILES string of the molecule is CCSc1ncc(CN2CCN(c3cccnc3)CC2)cn1. The quantitative estimate of drug-likeness (QED) is 0.623. The minimum Gasteiger partial charge on any atom is -0.368 e. The van der Waals surface area contributed by atoms with Gasteiger partial charge in [-0.25, -0.2) is 9.97 Å². The highest BCUT2D eigenvalue weighted by Gasteiger charge is 2.17. The van der Waals surface area contributed by atoms with Crippen molar-refractivity contribution in [3.05, 3.63) is 42.5 Å². The maximum absolute atomic E-state index is 4.40. The van der Waals surface area contributed by atoms with Gasteiger partial charge in [0, 0.05) is 56.9 Å². The topological polar surface area (TPSA) is 45.2 Å². The lowest BCUT2D eigenvalue weighted by Gasteiger charge is -2.35. The Labute approximate surface area is 135 Å². The summed E-state index contributed by atoms with van der Waals surface area (Å²) in [7, 11) is 0. The molecule has 0 aromatic carbocycles. The number of aromatic nitrogens is 3. The molecule has 0 N–H and O–H groups in total. The molecule has 116 valence electrons. The van der Waals surface area contributed by atoms with Crippen LogP contribution in [0.5, 0.6) is 0 Å². The molecule has 2 aromatic heterocycles. The van der Waals surface area contributed by atoms with Crippen molar-refractivity contribution >= 4 is 17.4 Å². The van der Waals surface area contributed by atoms with E-state index < -0.39 is 0 Å². The first kappa shape index (κ1) is 15.2. The van der Waals surface area contributed by atoms with Gasteiger partial charge in [0.2, 0.25) is 0 Å². The standard InChI is InChI=1S/C16H21N5S/c1-2-22-16-18-10-14(11-19-16)13-20-6-8-21(9-7-20)15-4-3-5-17-12-15/h3-5,10-12H,2,6-9,13H2,1H3. The zero-order chi connectivity index (χ0) is 15.2. The van der Waals surface area contributed by atoms with Crippen molar-refractivity contribution in [2.24, 2.45) is 0 Å². The van der Waals surface area contributed by atoms with E-state index in [1.165, 1.54) is 11.3 Å². The molecule has 0 bridgehead atoms. The zero-order valence-electron chi connectivity index (χ0n) is 12.9. The highest BCUT2D eigenvalue weighted by molar-refractivity contribution is 7.99. The summed E-state index contributed by atoms with van der Waals surface area (Å²) in [5.41, 5.74) is 2.40. The van der Waals surface area contributed by atoms with Gasteiger partial charge in [0.15, 0.2) is 5.16 Å². The fourth-order valence-electron chi connectivity index (χ4n) is 2.59. The minimum atomic E-state index is 0.868. The van der Waals surface area contributed by atoms with Crippen LogP contribution in [-0.4, -0.2) is 51.8 Å². The van der Waals surface area contributed by atoms with Crippen LogP contribution in [0.15, 0.2) is 42.1 Å². The van der Waals surface area contributed by atoms with E-state index in [0.29, 0.717) is 0 Å². The molecule has 0 unspecified atom stereocenters. The highest BCUT2D eigenvalue weighted by atomic mass is 32.2. The van der Waals surface area contributed by atoms with Crippen LogP contribution >= 0.6 is 11.8 Å². The smallest absolute Gasteiger partial charge is 0.187 e. The second kappa shape index (κ2) is 7.56. The molecule has 0 atom stereocenters. The third-order valence-corrected chi connectivity index (χ3v) is 4.50. The largest absolute Gasteiger partial charge is 0.368 e. The lowest BCUT2D eigenvalue weighted by Crippen LogP contribution is -2.46. The molecular formula is C16H21N5S. The van der Waals surface area contributed by atoms with E-state index in [1.807, 2.05) is 30.9 Å². The van der Waals surface area contributed by atoms with Crippen LogP contribution in [0, 0.1) is 0 Å². The molecule has 3 heterocycles. The van der Waals surface area contributed by atoms with E-state index in [0.717, 1.165) is 43.6 Å². The van der Waals surface area contributed by atoms with E-state index in [4.69, 9.17) is 0 Å². The number of rotatable bonds is 5. The van der Waals surface area contributed by atoms with Gasteiger partial charge >= 0.3 is 0 Å². The molecule has 0 aliphatic carbocycles. The molecule has 0 radical (unpaired) electrons. The lowest BCUT2D eigenvalue weighted by molar-refractivity contribution is 0.249. The molecule has 0 saturated carbocycles. The number of anilines is 1. The van der Waals surface area contributed by atoms with Gasteiger partial charge in [0.25, 0.3) is 0 Å². The van der Waals surface area contributed by atoms with Crippen molar-refractivity contribution in [1.82, 2.24) is 19.9 Å². The number of hydrogen-bond donors (Lipinski definition) is 0. The molecule has 0 spiro atoms. The van der Waals surface area contributed by atoms with Crippen molar-refractivity contribution in [3.8, 4) is 0 Å². The van der Waals surface area contributed by atoms with Gasteiger partial charge in [0.1, 0.15) is 0 Å². The van der Waals surface area contributed by atoms with Gasteiger partial charge < -0.3 is 4.90 Å².